The molecule has 1 aliphatic heterocycles. The van der Waals surface area contributed by atoms with Gasteiger partial charge in [-0.05, 0) is 79.8 Å². The largest absolute Gasteiger partial charge is 0.400 e. The molecule has 0 amide bonds. The predicted molar refractivity (Wildman–Crippen MR) is 124 cm³/mol. The van der Waals surface area contributed by atoms with Gasteiger partial charge in [0.1, 0.15) is 7.85 Å². The van der Waals surface area contributed by atoms with Crippen molar-refractivity contribution in [3.05, 3.63) is 77.4 Å². The molecule has 2 radical (unpaired) electrons. The summed E-state index contributed by atoms with van der Waals surface area (Å²) in [5.74, 6) is 0.577. The van der Waals surface area contributed by atoms with Crippen LogP contribution in [-0.4, -0.2) is 14.4 Å². The van der Waals surface area contributed by atoms with Crippen molar-refractivity contribution in [2.24, 2.45) is 5.73 Å². The Morgan fingerprint density at radius 1 is 1.39 bits per heavy atom. The third-order valence-electron chi connectivity index (χ3n) is 5.64. The summed E-state index contributed by atoms with van der Waals surface area (Å²) in [6.45, 7) is 13.1. The van der Waals surface area contributed by atoms with Crippen molar-refractivity contribution < 1.29 is 0 Å². The number of rotatable bonds is 10. The van der Waals surface area contributed by atoms with Crippen molar-refractivity contribution in [3.8, 4) is 0 Å². The molecular weight excluding hydrogens is 339 g/mol. The van der Waals surface area contributed by atoms with Crippen LogP contribution in [0.15, 0.2) is 60.8 Å². The van der Waals surface area contributed by atoms with Crippen LogP contribution >= 0.6 is 0 Å². The lowest BCUT2D eigenvalue weighted by Crippen LogP contribution is -2.16. The number of benzene rings is 1. The fraction of sp³-hybridized carbons (Fsp3) is 0.440. The number of hydrogen-bond acceptors (Lipinski definition) is 2. The summed E-state index contributed by atoms with van der Waals surface area (Å²) in [6.07, 6.45) is 13.1. The first kappa shape index (κ1) is 22.3. The Balaban J connectivity index is 2.48. The molecule has 1 aromatic carbocycles. The highest BCUT2D eigenvalue weighted by atomic mass is 14.9. The fourth-order valence-corrected chi connectivity index (χ4v) is 4.09. The smallest absolute Gasteiger partial charge is 0.116 e. The van der Waals surface area contributed by atoms with Gasteiger partial charge in [-0.15, -0.1) is 6.58 Å². The Kier molecular flexibility index (Phi) is 8.85. The standard InChI is InChI=1S/C25H35BN2/c1-5-8-11-20(10-6-2)22-14-13-21(16-23(22)25-12-9-15-28-25)19(7-3)17-24(26)18(4)27/h5,7,13-14,16-17,20,25,28H,1,4,6,8-12,15,27H2,2-3H3/b19-7+,24-17+. The second-order valence-corrected chi connectivity index (χ2v) is 7.71. The van der Waals surface area contributed by atoms with Gasteiger partial charge in [0.2, 0.25) is 0 Å². The number of allylic oxidation sites excluding steroid dienone is 5. The Labute approximate surface area is 173 Å². The monoisotopic (exact) mass is 374 g/mol. The maximum Gasteiger partial charge on any atom is 0.116 e. The van der Waals surface area contributed by atoms with E-state index in [0.717, 1.165) is 25.0 Å². The van der Waals surface area contributed by atoms with Crippen LogP contribution in [0.4, 0.5) is 0 Å². The van der Waals surface area contributed by atoms with Crippen molar-refractivity contribution in [1.29, 1.82) is 0 Å². The van der Waals surface area contributed by atoms with E-state index in [2.05, 4.69) is 49.7 Å². The molecule has 1 saturated heterocycles. The third kappa shape index (κ3) is 5.75. The van der Waals surface area contributed by atoms with Gasteiger partial charge in [-0.2, -0.15) is 0 Å². The molecule has 1 aliphatic rings. The number of nitrogens with two attached hydrogens (primary N) is 1. The van der Waals surface area contributed by atoms with Crippen LogP contribution in [0.2, 0.25) is 0 Å². The van der Waals surface area contributed by atoms with Crippen LogP contribution in [0.1, 0.15) is 81.0 Å². The molecule has 0 saturated carbocycles. The highest BCUT2D eigenvalue weighted by Gasteiger charge is 2.23. The van der Waals surface area contributed by atoms with Gasteiger partial charge < -0.3 is 11.1 Å². The molecule has 0 aliphatic carbocycles. The summed E-state index contributed by atoms with van der Waals surface area (Å²) in [7, 11) is 6.04. The lowest BCUT2D eigenvalue weighted by molar-refractivity contribution is 0.553. The maximum absolute atomic E-state index is 6.04. The van der Waals surface area contributed by atoms with Gasteiger partial charge in [0.25, 0.3) is 0 Å². The van der Waals surface area contributed by atoms with E-state index in [4.69, 9.17) is 13.6 Å². The Hall–Kier alpha value is -2.00. The van der Waals surface area contributed by atoms with E-state index in [-0.39, 0.29) is 0 Å². The summed E-state index contributed by atoms with van der Waals surface area (Å²) in [4.78, 5) is 0. The first-order valence-corrected chi connectivity index (χ1v) is 10.6. The van der Waals surface area contributed by atoms with Crippen LogP contribution < -0.4 is 11.1 Å². The van der Waals surface area contributed by atoms with Gasteiger partial charge in [-0.25, -0.2) is 0 Å². The lowest BCUT2D eigenvalue weighted by Gasteiger charge is -2.24. The van der Waals surface area contributed by atoms with E-state index in [0.29, 0.717) is 23.1 Å². The number of nitrogens with one attached hydrogen (secondary N) is 1. The van der Waals surface area contributed by atoms with Crippen molar-refractivity contribution in [2.45, 2.75) is 64.3 Å². The van der Waals surface area contributed by atoms with E-state index >= 15 is 0 Å². The Morgan fingerprint density at radius 2 is 2.18 bits per heavy atom. The van der Waals surface area contributed by atoms with Gasteiger partial charge >= 0.3 is 0 Å². The first-order valence-electron chi connectivity index (χ1n) is 10.6. The minimum Gasteiger partial charge on any atom is -0.400 e. The zero-order chi connectivity index (χ0) is 20.5. The zero-order valence-electron chi connectivity index (χ0n) is 17.6. The van der Waals surface area contributed by atoms with E-state index in [1.54, 1.807) is 0 Å². The minimum absolute atomic E-state index is 0.404. The Morgan fingerprint density at radius 3 is 2.75 bits per heavy atom. The van der Waals surface area contributed by atoms with Gasteiger partial charge in [-0.1, -0.05) is 55.8 Å². The molecular formula is C25H35BN2. The maximum atomic E-state index is 6.04. The molecule has 3 heteroatoms. The first-order chi connectivity index (χ1) is 13.5. The fourth-order valence-electron chi connectivity index (χ4n) is 4.09. The van der Waals surface area contributed by atoms with Crippen molar-refractivity contribution in [2.75, 3.05) is 6.54 Å². The molecule has 0 aromatic heterocycles. The van der Waals surface area contributed by atoms with Crippen LogP contribution in [0.25, 0.3) is 5.57 Å². The highest BCUT2D eigenvalue weighted by molar-refractivity contribution is 6.25. The average molecular weight is 374 g/mol. The normalized spacial score (nSPS) is 18.9. The third-order valence-corrected chi connectivity index (χ3v) is 5.64. The number of hydrogen-bond donors (Lipinski definition) is 2. The quantitative estimate of drug-likeness (QED) is 0.304. The molecule has 0 bridgehead atoms. The molecule has 2 nitrogen and oxygen atoms in total. The molecule has 28 heavy (non-hydrogen) atoms. The summed E-state index contributed by atoms with van der Waals surface area (Å²) in [5, 5.41) is 3.70. The Bertz CT molecular complexity index is 739. The van der Waals surface area contributed by atoms with Gasteiger partial charge in [0.15, 0.2) is 0 Å². The topological polar surface area (TPSA) is 38.0 Å². The molecule has 0 spiro atoms. The van der Waals surface area contributed by atoms with Gasteiger partial charge in [0.05, 0.1) is 0 Å². The molecule has 3 N–H and O–H groups in total. The van der Waals surface area contributed by atoms with Gasteiger partial charge in [0, 0.05) is 11.7 Å². The van der Waals surface area contributed by atoms with Crippen molar-refractivity contribution in [1.82, 2.24) is 5.32 Å². The molecule has 2 atom stereocenters. The average Bonchev–Trinajstić information content (AvgIpc) is 3.23. The second kappa shape index (κ2) is 11.1. The molecule has 148 valence electrons. The zero-order valence-corrected chi connectivity index (χ0v) is 17.6. The molecule has 2 rings (SSSR count). The van der Waals surface area contributed by atoms with E-state index < -0.39 is 0 Å². The summed E-state index contributed by atoms with van der Waals surface area (Å²) in [6, 6.07) is 7.34. The SMILES string of the molecule is [B]/C(=C/C(=C\C)c1ccc(C(CCC)CCC=C)c(C2CCCN2)c1)C(=C)N. The van der Waals surface area contributed by atoms with Crippen LogP contribution in [0, 0.1) is 0 Å². The molecule has 1 aromatic rings. The van der Waals surface area contributed by atoms with E-state index in [9.17, 15) is 0 Å². The highest BCUT2D eigenvalue weighted by Crippen LogP contribution is 2.37. The second-order valence-electron chi connectivity index (χ2n) is 7.71. The van der Waals surface area contributed by atoms with Gasteiger partial charge in [-0.3, -0.25) is 0 Å². The van der Waals surface area contributed by atoms with Crippen molar-refractivity contribution >= 4 is 13.4 Å². The summed E-state index contributed by atoms with van der Waals surface area (Å²) < 4.78 is 0. The van der Waals surface area contributed by atoms with E-state index in [1.807, 2.05) is 19.1 Å². The summed E-state index contributed by atoms with van der Waals surface area (Å²) >= 11 is 0. The van der Waals surface area contributed by atoms with E-state index in [1.165, 1.54) is 42.4 Å². The minimum atomic E-state index is 0.404. The molecule has 1 heterocycles. The lowest BCUT2D eigenvalue weighted by atomic mass is 9.82. The predicted octanol–water partition coefficient (Wildman–Crippen LogP) is 5.89. The van der Waals surface area contributed by atoms with Crippen LogP contribution in [0.5, 0.6) is 0 Å². The van der Waals surface area contributed by atoms with Crippen molar-refractivity contribution in [3.63, 3.8) is 0 Å². The van der Waals surface area contributed by atoms with Crippen LogP contribution in [0.3, 0.4) is 0 Å². The molecule has 1 fully saturated rings. The summed E-state index contributed by atoms with van der Waals surface area (Å²) in [5.41, 5.74) is 11.9. The van der Waals surface area contributed by atoms with Crippen LogP contribution in [-0.2, 0) is 0 Å². The molecule has 2 unspecified atom stereocenters.